The van der Waals surface area contributed by atoms with E-state index in [4.69, 9.17) is 16.3 Å². The van der Waals surface area contributed by atoms with Crippen LogP contribution in [0.5, 0.6) is 5.75 Å². The average molecular weight is 337 g/mol. The van der Waals surface area contributed by atoms with Gasteiger partial charge >= 0.3 is 0 Å². The monoisotopic (exact) mass is 336 g/mol. The van der Waals surface area contributed by atoms with Gasteiger partial charge in [-0.3, -0.25) is 0 Å². The Balaban J connectivity index is 1.68. The lowest BCUT2D eigenvalue weighted by Crippen LogP contribution is -2.33. The molecule has 0 saturated carbocycles. The summed E-state index contributed by atoms with van der Waals surface area (Å²) in [5.41, 5.74) is 2.18. The van der Waals surface area contributed by atoms with Gasteiger partial charge in [-0.2, -0.15) is 0 Å². The van der Waals surface area contributed by atoms with E-state index in [1.807, 2.05) is 13.0 Å². The molecular formula is C16H21ClN4O2. The zero-order chi connectivity index (χ0) is 16.2. The first kappa shape index (κ1) is 16.2. The lowest BCUT2D eigenvalue weighted by atomic mass is 10.00. The molecule has 23 heavy (non-hydrogen) atoms. The number of aliphatic hydroxyl groups is 1. The van der Waals surface area contributed by atoms with E-state index >= 15 is 0 Å². The summed E-state index contributed by atoms with van der Waals surface area (Å²) in [6.45, 7) is 3.57. The fourth-order valence-corrected chi connectivity index (χ4v) is 3.22. The Bertz CT molecular complexity index is 648. The van der Waals surface area contributed by atoms with Crippen molar-refractivity contribution in [2.24, 2.45) is 0 Å². The molecule has 1 aromatic carbocycles. The highest BCUT2D eigenvalue weighted by molar-refractivity contribution is 6.32. The third-order valence-electron chi connectivity index (χ3n) is 3.95. The molecule has 2 N–H and O–H groups in total. The van der Waals surface area contributed by atoms with Crippen LogP contribution in [-0.4, -0.2) is 39.4 Å². The largest absolute Gasteiger partial charge is 0.492 e. The highest BCUT2D eigenvalue weighted by Crippen LogP contribution is 2.38. The van der Waals surface area contributed by atoms with Crippen LogP contribution in [-0.2, 0) is 6.54 Å². The van der Waals surface area contributed by atoms with E-state index in [1.165, 1.54) is 0 Å². The zero-order valence-corrected chi connectivity index (χ0v) is 13.8. The average Bonchev–Trinajstić information content (AvgIpc) is 2.92. The van der Waals surface area contributed by atoms with Crippen LogP contribution in [0.4, 0.5) is 0 Å². The molecule has 0 aliphatic carbocycles. The van der Waals surface area contributed by atoms with E-state index in [1.54, 1.807) is 17.1 Å². The second-order valence-electron chi connectivity index (χ2n) is 5.90. The Hall–Kier alpha value is -1.63. The normalized spacial score (nSPS) is 18.8. The van der Waals surface area contributed by atoms with Crippen LogP contribution in [0.15, 0.2) is 24.5 Å². The predicted molar refractivity (Wildman–Crippen MR) is 87.7 cm³/mol. The molecule has 0 bridgehead atoms. The van der Waals surface area contributed by atoms with Gasteiger partial charge < -0.3 is 15.2 Å². The number of nitrogens with zero attached hydrogens (tertiary/aromatic N) is 3. The molecule has 6 nitrogen and oxygen atoms in total. The fraction of sp³-hybridized carbons (Fsp3) is 0.500. The molecule has 2 aromatic rings. The highest BCUT2D eigenvalue weighted by atomic mass is 35.5. The maximum atomic E-state index is 10.2. The minimum atomic E-state index is -0.537. The molecule has 7 heteroatoms. The second kappa shape index (κ2) is 7.29. The molecule has 2 atom stereocenters. The van der Waals surface area contributed by atoms with Crippen molar-refractivity contribution in [3.8, 4) is 5.75 Å². The van der Waals surface area contributed by atoms with Crippen LogP contribution in [0.3, 0.4) is 0 Å². The van der Waals surface area contributed by atoms with Crippen LogP contribution in [0, 0.1) is 6.92 Å². The van der Waals surface area contributed by atoms with Crippen molar-refractivity contribution >= 4 is 11.6 Å². The van der Waals surface area contributed by atoms with Crippen molar-refractivity contribution in [2.75, 3.05) is 13.2 Å². The van der Waals surface area contributed by atoms with Gasteiger partial charge in [0.25, 0.3) is 0 Å². The van der Waals surface area contributed by atoms with E-state index < -0.39 is 6.10 Å². The van der Waals surface area contributed by atoms with Crippen LogP contribution in [0.2, 0.25) is 5.02 Å². The number of hydrogen-bond donors (Lipinski definition) is 2. The molecule has 0 spiro atoms. The molecule has 2 heterocycles. The first-order valence-electron chi connectivity index (χ1n) is 7.82. The van der Waals surface area contributed by atoms with Crippen LogP contribution < -0.4 is 10.1 Å². The number of benzene rings is 1. The van der Waals surface area contributed by atoms with E-state index in [2.05, 4.69) is 21.7 Å². The Morgan fingerprint density at radius 1 is 1.52 bits per heavy atom. The van der Waals surface area contributed by atoms with Gasteiger partial charge in [0.15, 0.2) is 0 Å². The maximum absolute atomic E-state index is 10.2. The predicted octanol–water partition coefficient (Wildman–Crippen LogP) is 2.10. The molecule has 1 aliphatic heterocycles. The van der Waals surface area contributed by atoms with E-state index in [9.17, 15) is 5.11 Å². The number of rotatable bonds is 5. The van der Waals surface area contributed by atoms with Crippen molar-refractivity contribution in [1.82, 2.24) is 20.3 Å². The SMILES string of the molecule is Cc1cc(Cl)c2c(c1)C(NCC(O)Cn1ccnn1)CCCO2. The Labute approximate surface area is 140 Å². The number of halogens is 1. The number of aliphatic hydroxyl groups excluding tert-OH is 1. The first-order chi connectivity index (χ1) is 11.1. The van der Waals surface area contributed by atoms with Crippen LogP contribution in [0.1, 0.15) is 30.0 Å². The molecule has 2 unspecified atom stereocenters. The van der Waals surface area contributed by atoms with Gasteiger partial charge in [-0.25, -0.2) is 4.68 Å². The summed E-state index contributed by atoms with van der Waals surface area (Å²) in [5.74, 6) is 0.762. The molecule has 1 aliphatic rings. The maximum Gasteiger partial charge on any atom is 0.142 e. The summed E-state index contributed by atoms with van der Waals surface area (Å²) in [6.07, 6.45) is 4.69. The number of hydrogen-bond acceptors (Lipinski definition) is 5. The number of fused-ring (bicyclic) bond motifs is 1. The van der Waals surface area contributed by atoms with Crippen molar-refractivity contribution < 1.29 is 9.84 Å². The van der Waals surface area contributed by atoms with Gasteiger partial charge in [-0.05, 0) is 31.4 Å². The standard InChI is InChI=1S/C16H21ClN4O2/c1-11-7-13-15(3-2-6-23-16(13)14(17)8-11)18-9-12(22)10-21-5-4-19-20-21/h4-5,7-8,12,15,18,22H,2-3,6,9-10H2,1H3. The van der Waals surface area contributed by atoms with Crippen molar-refractivity contribution in [1.29, 1.82) is 0 Å². The molecule has 0 saturated heterocycles. The number of aromatic nitrogens is 3. The van der Waals surface area contributed by atoms with Crippen LogP contribution >= 0.6 is 11.6 Å². The van der Waals surface area contributed by atoms with Gasteiger partial charge in [0.2, 0.25) is 0 Å². The summed E-state index contributed by atoms with van der Waals surface area (Å²) >= 11 is 6.32. The minimum Gasteiger partial charge on any atom is -0.492 e. The summed E-state index contributed by atoms with van der Waals surface area (Å²) in [4.78, 5) is 0. The van der Waals surface area contributed by atoms with Crippen molar-refractivity contribution in [3.05, 3.63) is 40.7 Å². The number of nitrogens with one attached hydrogen (secondary N) is 1. The first-order valence-corrected chi connectivity index (χ1v) is 8.19. The quantitative estimate of drug-likeness (QED) is 0.875. The van der Waals surface area contributed by atoms with E-state index in [-0.39, 0.29) is 6.04 Å². The van der Waals surface area contributed by atoms with Gasteiger partial charge in [0.05, 0.1) is 30.5 Å². The lowest BCUT2D eigenvalue weighted by molar-refractivity contribution is 0.141. The van der Waals surface area contributed by atoms with Crippen molar-refractivity contribution in [3.63, 3.8) is 0 Å². The third-order valence-corrected chi connectivity index (χ3v) is 4.23. The molecule has 0 radical (unpaired) electrons. The summed E-state index contributed by atoms with van der Waals surface area (Å²) < 4.78 is 7.42. The lowest BCUT2D eigenvalue weighted by Gasteiger charge is -2.21. The summed E-state index contributed by atoms with van der Waals surface area (Å²) in [6, 6.07) is 4.14. The van der Waals surface area contributed by atoms with Gasteiger partial charge in [0, 0.05) is 24.3 Å². The Kier molecular flexibility index (Phi) is 5.15. The topological polar surface area (TPSA) is 72.2 Å². The zero-order valence-electron chi connectivity index (χ0n) is 13.1. The molecule has 0 amide bonds. The highest BCUT2D eigenvalue weighted by Gasteiger charge is 2.22. The Morgan fingerprint density at radius 2 is 2.39 bits per heavy atom. The molecular weight excluding hydrogens is 316 g/mol. The van der Waals surface area contributed by atoms with E-state index in [0.717, 1.165) is 29.7 Å². The number of ether oxygens (including phenoxy) is 1. The summed E-state index contributed by atoms with van der Waals surface area (Å²) in [7, 11) is 0. The van der Waals surface area contributed by atoms with Crippen LogP contribution in [0.25, 0.3) is 0 Å². The molecule has 124 valence electrons. The van der Waals surface area contributed by atoms with Crippen molar-refractivity contribution in [2.45, 2.75) is 38.5 Å². The Morgan fingerprint density at radius 3 is 3.17 bits per heavy atom. The van der Waals surface area contributed by atoms with Gasteiger partial charge in [0.1, 0.15) is 5.75 Å². The smallest absolute Gasteiger partial charge is 0.142 e. The van der Waals surface area contributed by atoms with Gasteiger partial charge in [-0.15, -0.1) is 5.10 Å². The molecule has 1 aromatic heterocycles. The number of aryl methyl sites for hydroxylation is 1. The third kappa shape index (κ3) is 4.02. The molecule has 0 fully saturated rings. The second-order valence-corrected chi connectivity index (χ2v) is 6.30. The molecule has 3 rings (SSSR count). The minimum absolute atomic E-state index is 0.121. The summed E-state index contributed by atoms with van der Waals surface area (Å²) in [5, 5.41) is 21.9. The van der Waals surface area contributed by atoms with Gasteiger partial charge in [-0.1, -0.05) is 22.9 Å². The fourth-order valence-electron chi connectivity index (χ4n) is 2.89. The van der Waals surface area contributed by atoms with E-state index in [0.29, 0.717) is 24.7 Å².